The van der Waals surface area contributed by atoms with Crippen molar-refractivity contribution in [2.75, 3.05) is 38.1 Å². The molecule has 1 fully saturated rings. The predicted molar refractivity (Wildman–Crippen MR) is 144 cm³/mol. The van der Waals surface area contributed by atoms with E-state index in [0.29, 0.717) is 0 Å². The van der Waals surface area contributed by atoms with Crippen LogP contribution in [0.5, 0.6) is 0 Å². The van der Waals surface area contributed by atoms with Gasteiger partial charge in [-0.15, -0.1) is 0 Å². The highest BCUT2D eigenvalue weighted by molar-refractivity contribution is 5.90. The molecule has 1 saturated heterocycles. The summed E-state index contributed by atoms with van der Waals surface area (Å²) in [5.74, 6) is 0. The number of para-hydroxylation sites is 1. The number of hydrogen-bond acceptors (Lipinski definition) is 3. The Hall–Kier alpha value is -3.89. The fraction of sp³-hybridized carbons (Fsp3) is 0.194. The molecule has 1 aromatic heterocycles. The molecular formula is C31H30N4. The number of nitrogens with zero attached hydrogens (tertiary/aromatic N) is 4. The Morgan fingerprint density at radius 2 is 1.11 bits per heavy atom. The van der Waals surface area contributed by atoms with Crippen LogP contribution in [0.4, 0.5) is 5.69 Å². The molecule has 4 aromatic carbocycles. The summed E-state index contributed by atoms with van der Waals surface area (Å²) in [5.41, 5.74) is 6.49. The summed E-state index contributed by atoms with van der Waals surface area (Å²) in [4.78, 5) is 9.93. The third-order valence-corrected chi connectivity index (χ3v) is 7.34. The fourth-order valence-corrected chi connectivity index (χ4v) is 5.55. The molecule has 1 aliphatic rings. The van der Waals surface area contributed by atoms with E-state index in [-0.39, 0.29) is 0 Å². The molecule has 0 spiro atoms. The largest absolute Gasteiger partial charge is 0.367 e. The molecule has 0 aliphatic carbocycles. The molecule has 2 heterocycles. The normalized spacial score (nSPS) is 14.9. The minimum Gasteiger partial charge on any atom is -0.367 e. The Labute approximate surface area is 207 Å². The second-order valence-corrected chi connectivity index (χ2v) is 9.36. The molecule has 0 atom stereocenters. The SMILES string of the molecule is CN1CCN(c2cccc3c2ncn3C(c2ccccc2)(c2ccccc2)c2ccccc2)CC1. The minimum absolute atomic E-state index is 0.556. The fourth-order valence-electron chi connectivity index (χ4n) is 5.55. The lowest BCUT2D eigenvalue weighted by Gasteiger charge is -2.38. The number of piperazine rings is 1. The highest BCUT2D eigenvalue weighted by Crippen LogP contribution is 2.43. The van der Waals surface area contributed by atoms with Gasteiger partial charge >= 0.3 is 0 Å². The van der Waals surface area contributed by atoms with Crippen molar-refractivity contribution in [3.05, 3.63) is 132 Å². The Bertz CT molecular complexity index is 1310. The van der Waals surface area contributed by atoms with Gasteiger partial charge in [0, 0.05) is 26.2 Å². The number of imidazole rings is 1. The number of benzene rings is 4. The Kier molecular flexibility index (Phi) is 5.59. The van der Waals surface area contributed by atoms with Crippen molar-refractivity contribution in [2.45, 2.75) is 5.54 Å². The van der Waals surface area contributed by atoms with Gasteiger partial charge in [-0.25, -0.2) is 4.98 Å². The Morgan fingerprint density at radius 1 is 0.600 bits per heavy atom. The summed E-state index contributed by atoms with van der Waals surface area (Å²) in [5, 5.41) is 0. The maximum Gasteiger partial charge on any atom is 0.122 e. The monoisotopic (exact) mass is 458 g/mol. The highest BCUT2D eigenvalue weighted by Gasteiger charge is 2.39. The van der Waals surface area contributed by atoms with Crippen LogP contribution in [0.3, 0.4) is 0 Å². The first kappa shape index (κ1) is 21.6. The maximum atomic E-state index is 5.06. The van der Waals surface area contributed by atoms with Crippen molar-refractivity contribution in [3.63, 3.8) is 0 Å². The second-order valence-electron chi connectivity index (χ2n) is 9.36. The molecule has 0 saturated carbocycles. The molecule has 5 aromatic rings. The van der Waals surface area contributed by atoms with Crippen LogP contribution in [0, 0.1) is 0 Å². The van der Waals surface area contributed by atoms with Crippen molar-refractivity contribution in [1.29, 1.82) is 0 Å². The first-order valence-corrected chi connectivity index (χ1v) is 12.3. The zero-order valence-electron chi connectivity index (χ0n) is 20.1. The molecule has 0 amide bonds. The molecule has 4 nitrogen and oxygen atoms in total. The first-order valence-electron chi connectivity index (χ1n) is 12.3. The third-order valence-electron chi connectivity index (χ3n) is 7.34. The molecule has 35 heavy (non-hydrogen) atoms. The predicted octanol–water partition coefficient (Wildman–Crippen LogP) is 5.63. The van der Waals surface area contributed by atoms with E-state index in [9.17, 15) is 0 Å². The van der Waals surface area contributed by atoms with Crippen LogP contribution in [-0.2, 0) is 5.54 Å². The van der Waals surface area contributed by atoms with Gasteiger partial charge in [0.05, 0.1) is 17.5 Å². The summed E-state index contributed by atoms with van der Waals surface area (Å²) in [6, 6.07) is 39.0. The van der Waals surface area contributed by atoms with Gasteiger partial charge in [0.2, 0.25) is 0 Å². The van der Waals surface area contributed by atoms with Crippen molar-refractivity contribution in [3.8, 4) is 0 Å². The van der Waals surface area contributed by atoms with Crippen LogP contribution in [0.1, 0.15) is 16.7 Å². The van der Waals surface area contributed by atoms with E-state index in [0.717, 1.165) is 37.2 Å². The Morgan fingerprint density at radius 3 is 1.63 bits per heavy atom. The van der Waals surface area contributed by atoms with E-state index in [4.69, 9.17) is 4.98 Å². The zero-order valence-corrected chi connectivity index (χ0v) is 20.1. The number of likely N-dealkylation sites (N-methyl/N-ethyl adjacent to an activating group) is 1. The van der Waals surface area contributed by atoms with Crippen LogP contribution >= 0.6 is 0 Å². The average Bonchev–Trinajstić information content (AvgIpc) is 3.36. The van der Waals surface area contributed by atoms with Crippen molar-refractivity contribution in [2.24, 2.45) is 0 Å². The van der Waals surface area contributed by atoms with Gasteiger partial charge in [0.25, 0.3) is 0 Å². The molecule has 0 bridgehead atoms. The molecule has 4 heteroatoms. The minimum atomic E-state index is -0.556. The lowest BCUT2D eigenvalue weighted by molar-refractivity contribution is 0.313. The van der Waals surface area contributed by atoms with Gasteiger partial charge in [-0.05, 0) is 35.9 Å². The van der Waals surface area contributed by atoms with Gasteiger partial charge in [-0.2, -0.15) is 0 Å². The third kappa shape index (κ3) is 3.62. The van der Waals surface area contributed by atoms with Crippen LogP contribution in [0.2, 0.25) is 0 Å². The molecular weight excluding hydrogens is 428 g/mol. The van der Waals surface area contributed by atoms with E-state index in [1.807, 2.05) is 6.33 Å². The lowest BCUT2D eigenvalue weighted by Crippen LogP contribution is -2.44. The summed E-state index contributed by atoms with van der Waals surface area (Å²) in [6.07, 6.45) is 2.04. The summed E-state index contributed by atoms with van der Waals surface area (Å²) < 4.78 is 2.38. The van der Waals surface area contributed by atoms with Gasteiger partial charge in [0.1, 0.15) is 11.1 Å². The molecule has 0 unspecified atom stereocenters. The topological polar surface area (TPSA) is 24.3 Å². The number of fused-ring (bicyclic) bond motifs is 1. The highest BCUT2D eigenvalue weighted by atomic mass is 15.3. The number of anilines is 1. The maximum absolute atomic E-state index is 5.06. The summed E-state index contributed by atoms with van der Waals surface area (Å²) in [7, 11) is 2.20. The second kappa shape index (κ2) is 9.05. The van der Waals surface area contributed by atoms with E-state index in [1.54, 1.807) is 0 Å². The molecule has 0 radical (unpaired) electrons. The smallest absolute Gasteiger partial charge is 0.122 e. The van der Waals surface area contributed by atoms with Crippen LogP contribution in [0.15, 0.2) is 116 Å². The lowest BCUT2D eigenvalue weighted by atomic mass is 9.76. The standard InChI is InChI=1S/C31H30N4/c1-33-20-22-34(23-21-33)28-18-11-19-29-30(28)32-24-35(29)31(25-12-5-2-6-13-25,26-14-7-3-8-15-26)27-16-9-4-10-17-27/h2-19,24H,20-23H2,1H3. The van der Waals surface area contributed by atoms with Crippen molar-refractivity contribution in [1.82, 2.24) is 14.5 Å². The van der Waals surface area contributed by atoms with Gasteiger partial charge in [-0.1, -0.05) is 97.1 Å². The van der Waals surface area contributed by atoms with Gasteiger partial charge in [0.15, 0.2) is 0 Å². The zero-order chi connectivity index (χ0) is 23.7. The van der Waals surface area contributed by atoms with Crippen LogP contribution in [-0.4, -0.2) is 47.7 Å². The van der Waals surface area contributed by atoms with E-state index >= 15 is 0 Å². The van der Waals surface area contributed by atoms with Crippen molar-refractivity contribution < 1.29 is 0 Å². The van der Waals surface area contributed by atoms with Gasteiger partial charge in [-0.3, -0.25) is 0 Å². The van der Waals surface area contributed by atoms with E-state index < -0.39 is 5.54 Å². The Balaban J connectivity index is 1.65. The summed E-state index contributed by atoms with van der Waals surface area (Å²) >= 11 is 0. The summed E-state index contributed by atoms with van der Waals surface area (Å²) in [6.45, 7) is 4.17. The van der Waals surface area contributed by atoms with Crippen molar-refractivity contribution >= 4 is 16.7 Å². The average molecular weight is 459 g/mol. The number of hydrogen-bond donors (Lipinski definition) is 0. The van der Waals surface area contributed by atoms with Crippen LogP contribution in [0.25, 0.3) is 11.0 Å². The van der Waals surface area contributed by atoms with Crippen LogP contribution < -0.4 is 4.90 Å². The van der Waals surface area contributed by atoms with E-state index in [1.165, 1.54) is 22.4 Å². The molecule has 1 aliphatic heterocycles. The number of aromatic nitrogens is 2. The molecule has 6 rings (SSSR count). The van der Waals surface area contributed by atoms with Gasteiger partial charge < -0.3 is 14.4 Å². The number of rotatable bonds is 5. The quantitative estimate of drug-likeness (QED) is 0.319. The molecule has 174 valence electrons. The molecule has 0 N–H and O–H groups in total. The van der Waals surface area contributed by atoms with E-state index in [2.05, 4.69) is 131 Å². The first-order chi connectivity index (χ1) is 17.3.